The highest BCUT2D eigenvalue weighted by atomic mass is 32.2. The van der Waals surface area contributed by atoms with Crippen molar-refractivity contribution < 1.29 is 13.2 Å². The summed E-state index contributed by atoms with van der Waals surface area (Å²) in [5, 5.41) is 0. The van der Waals surface area contributed by atoms with Crippen LogP contribution in [-0.4, -0.2) is 25.6 Å². The molecule has 1 fully saturated rings. The van der Waals surface area contributed by atoms with E-state index in [9.17, 15) is 13.2 Å². The molecule has 1 aliphatic carbocycles. The SMILES string of the molecule is O=C(N1CCCc2ccccc21)C1(S(=O)(=O)c2ccccc2)CC1. The van der Waals surface area contributed by atoms with E-state index in [4.69, 9.17) is 0 Å². The van der Waals surface area contributed by atoms with Crippen LogP contribution in [0.15, 0.2) is 59.5 Å². The van der Waals surface area contributed by atoms with Crippen molar-refractivity contribution in [3.63, 3.8) is 0 Å². The summed E-state index contributed by atoms with van der Waals surface area (Å²) in [7, 11) is -3.67. The van der Waals surface area contributed by atoms with Crippen molar-refractivity contribution in [1.29, 1.82) is 0 Å². The Hall–Kier alpha value is -2.14. The molecule has 4 rings (SSSR count). The lowest BCUT2D eigenvalue weighted by Gasteiger charge is -2.32. The van der Waals surface area contributed by atoms with E-state index < -0.39 is 14.6 Å². The maximum Gasteiger partial charge on any atom is 0.248 e. The third kappa shape index (κ3) is 2.18. The Morgan fingerprint density at radius 2 is 1.62 bits per heavy atom. The summed E-state index contributed by atoms with van der Waals surface area (Å²) in [6.45, 7) is 0.585. The molecule has 1 amide bonds. The van der Waals surface area contributed by atoms with Crippen molar-refractivity contribution >= 4 is 21.4 Å². The van der Waals surface area contributed by atoms with Crippen molar-refractivity contribution in [2.75, 3.05) is 11.4 Å². The van der Waals surface area contributed by atoms with E-state index in [-0.39, 0.29) is 10.8 Å². The number of amides is 1. The molecule has 0 unspecified atom stereocenters. The van der Waals surface area contributed by atoms with E-state index in [2.05, 4.69) is 0 Å². The summed E-state index contributed by atoms with van der Waals surface area (Å²) in [6, 6.07) is 16.1. The van der Waals surface area contributed by atoms with Crippen LogP contribution in [0.2, 0.25) is 0 Å². The summed E-state index contributed by atoms with van der Waals surface area (Å²) >= 11 is 0. The molecular weight excluding hydrogens is 322 g/mol. The quantitative estimate of drug-likeness (QED) is 0.862. The maximum atomic E-state index is 13.2. The second-order valence-corrected chi connectivity index (χ2v) is 8.76. The van der Waals surface area contributed by atoms with Crippen LogP contribution in [-0.2, 0) is 21.1 Å². The predicted molar refractivity (Wildman–Crippen MR) is 92.7 cm³/mol. The Labute approximate surface area is 142 Å². The number of fused-ring (bicyclic) bond motifs is 1. The molecular formula is C19H19NO3S. The number of para-hydroxylation sites is 1. The van der Waals surface area contributed by atoms with Gasteiger partial charge in [0.2, 0.25) is 5.91 Å². The number of aryl methyl sites for hydroxylation is 1. The van der Waals surface area contributed by atoms with E-state index in [1.54, 1.807) is 35.2 Å². The number of carbonyl (C=O) groups is 1. The van der Waals surface area contributed by atoms with Crippen molar-refractivity contribution in [3.05, 3.63) is 60.2 Å². The van der Waals surface area contributed by atoms with E-state index in [0.717, 1.165) is 24.1 Å². The minimum atomic E-state index is -3.67. The van der Waals surface area contributed by atoms with Gasteiger partial charge >= 0.3 is 0 Å². The summed E-state index contributed by atoms with van der Waals surface area (Å²) in [5.41, 5.74) is 1.98. The van der Waals surface area contributed by atoms with Gasteiger partial charge < -0.3 is 4.90 Å². The molecule has 2 aromatic carbocycles. The fourth-order valence-electron chi connectivity index (χ4n) is 3.53. The topological polar surface area (TPSA) is 54.5 Å². The molecule has 0 aromatic heterocycles. The standard InChI is InChI=1S/C19H19NO3S/c21-18(20-14-6-8-15-7-4-5-11-17(15)20)19(12-13-19)24(22,23)16-9-2-1-3-10-16/h1-5,7,9-11H,6,8,12-14H2. The fourth-order valence-corrected chi connectivity index (χ4v) is 5.47. The van der Waals surface area contributed by atoms with E-state index in [1.807, 2.05) is 24.3 Å². The lowest BCUT2D eigenvalue weighted by Crippen LogP contribution is -2.47. The Balaban J connectivity index is 1.73. The highest BCUT2D eigenvalue weighted by molar-refractivity contribution is 7.94. The first kappa shape index (κ1) is 15.4. The first-order chi connectivity index (χ1) is 11.6. The molecule has 1 heterocycles. The van der Waals surface area contributed by atoms with Crippen LogP contribution in [0.25, 0.3) is 0 Å². The van der Waals surface area contributed by atoms with Crippen LogP contribution in [0.4, 0.5) is 5.69 Å². The number of hydrogen-bond acceptors (Lipinski definition) is 3. The van der Waals surface area contributed by atoms with Gasteiger partial charge in [0.25, 0.3) is 0 Å². The molecule has 1 aliphatic heterocycles. The second kappa shape index (κ2) is 5.45. The van der Waals surface area contributed by atoms with Gasteiger partial charge in [-0.15, -0.1) is 0 Å². The Morgan fingerprint density at radius 3 is 2.33 bits per heavy atom. The van der Waals surface area contributed by atoms with Gasteiger partial charge in [-0.2, -0.15) is 0 Å². The van der Waals surface area contributed by atoms with Crippen molar-refractivity contribution in [1.82, 2.24) is 0 Å². The Bertz CT molecular complexity index is 886. The molecule has 0 bridgehead atoms. The molecule has 2 aromatic rings. The molecule has 0 spiro atoms. The summed E-state index contributed by atoms with van der Waals surface area (Å²) < 4.78 is 24.9. The van der Waals surface area contributed by atoms with E-state index >= 15 is 0 Å². The number of sulfone groups is 1. The van der Waals surface area contributed by atoms with Crippen LogP contribution in [0.1, 0.15) is 24.8 Å². The minimum Gasteiger partial charge on any atom is -0.311 e. The third-order valence-corrected chi connectivity index (χ3v) is 7.52. The summed E-state index contributed by atoms with van der Waals surface area (Å²) in [6.07, 6.45) is 2.60. The van der Waals surface area contributed by atoms with E-state index in [0.29, 0.717) is 19.4 Å². The van der Waals surface area contributed by atoms with Gasteiger partial charge in [-0.1, -0.05) is 36.4 Å². The number of rotatable bonds is 3. The van der Waals surface area contributed by atoms with Gasteiger partial charge in [-0.25, -0.2) is 8.42 Å². The molecule has 0 N–H and O–H groups in total. The van der Waals surface area contributed by atoms with Crippen LogP contribution < -0.4 is 4.90 Å². The first-order valence-electron chi connectivity index (χ1n) is 8.26. The zero-order chi connectivity index (χ0) is 16.8. The van der Waals surface area contributed by atoms with Gasteiger partial charge in [0.15, 0.2) is 14.6 Å². The molecule has 124 valence electrons. The molecule has 0 radical (unpaired) electrons. The molecule has 1 saturated carbocycles. The van der Waals surface area contributed by atoms with E-state index in [1.165, 1.54) is 0 Å². The Morgan fingerprint density at radius 1 is 0.958 bits per heavy atom. The number of benzene rings is 2. The van der Waals surface area contributed by atoms with Gasteiger partial charge in [-0.05, 0) is 49.4 Å². The summed E-state index contributed by atoms with van der Waals surface area (Å²) in [4.78, 5) is 15.1. The zero-order valence-corrected chi connectivity index (χ0v) is 14.1. The van der Waals surface area contributed by atoms with Gasteiger partial charge in [0.05, 0.1) is 4.90 Å². The summed E-state index contributed by atoms with van der Waals surface area (Å²) in [5.74, 6) is -0.265. The molecule has 2 aliphatic rings. The monoisotopic (exact) mass is 341 g/mol. The normalized spacial score (nSPS) is 18.8. The zero-order valence-electron chi connectivity index (χ0n) is 13.3. The van der Waals surface area contributed by atoms with Gasteiger partial charge in [0, 0.05) is 12.2 Å². The third-order valence-electron chi connectivity index (χ3n) is 5.02. The second-order valence-electron chi connectivity index (χ2n) is 6.50. The van der Waals surface area contributed by atoms with Crippen LogP contribution in [0, 0.1) is 0 Å². The Kier molecular flexibility index (Phi) is 3.49. The highest BCUT2D eigenvalue weighted by Gasteiger charge is 2.62. The van der Waals surface area contributed by atoms with Crippen LogP contribution >= 0.6 is 0 Å². The maximum absolute atomic E-state index is 13.2. The predicted octanol–water partition coefficient (Wildman–Crippen LogP) is 2.97. The average molecular weight is 341 g/mol. The number of anilines is 1. The lowest BCUT2D eigenvalue weighted by molar-refractivity contribution is -0.119. The van der Waals surface area contributed by atoms with Crippen LogP contribution in [0.5, 0.6) is 0 Å². The molecule has 0 saturated heterocycles. The number of carbonyl (C=O) groups excluding carboxylic acids is 1. The average Bonchev–Trinajstić information content (AvgIpc) is 3.44. The first-order valence-corrected chi connectivity index (χ1v) is 9.74. The molecule has 4 nitrogen and oxygen atoms in total. The van der Waals surface area contributed by atoms with Gasteiger partial charge in [-0.3, -0.25) is 4.79 Å². The number of nitrogens with zero attached hydrogens (tertiary/aromatic N) is 1. The molecule has 0 atom stereocenters. The van der Waals surface area contributed by atoms with Crippen molar-refractivity contribution in [3.8, 4) is 0 Å². The largest absolute Gasteiger partial charge is 0.311 e. The molecule has 24 heavy (non-hydrogen) atoms. The lowest BCUT2D eigenvalue weighted by atomic mass is 10.0. The molecule has 5 heteroatoms. The minimum absolute atomic E-state index is 0.237. The van der Waals surface area contributed by atoms with Gasteiger partial charge in [0.1, 0.15) is 0 Å². The highest BCUT2D eigenvalue weighted by Crippen LogP contribution is 2.49. The fraction of sp³-hybridized carbons (Fsp3) is 0.316. The van der Waals surface area contributed by atoms with Crippen LogP contribution in [0.3, 0.4) is 0 Å². The smallest absolute Gasteiger partial charge is 0.248 e. The number of hydrogen-bond donors (Lipinski definition) is 0. The van der Waals surface area contributed by atoms with Crippen molar-refractivity contribution in [2.45, 2.75) is 35.3 Å². The van der Waals surface area contributed by atoms with Crippen molar-refractivity contribution in [2.24, 2.45) is 0 Å².